The molecule has 0 amide bonds. The molecule has 2 heteroatoms. The maximum Gasteiger partial charge on any atom is 0.0358 e. The van der Waals surface area contributed by atoms with Crippen molar-refractivity contribution >= 4 is 0 Å². The van der Waals surface area contributed by atoms with Crippen LogP contribution in [0.3, 0.4) is 0 Å². The van der Waals surface area contributed by atoms with E-state index in [4.69, 9.17) is 5.73 Å². The van der Waals surface area contributed by atoms with Crippen LogP contribution in [0, 0.1) is 5.92 Å². The fourth-order valence-electron chi connectivity index (χ4n) is 4.77. The molecule has 2 nitrogen and oxygen atoms in total. The third kappa shape index (κ3) is 2.10. The Labute approximate surface area is 122 Å². The Morgan fingerprint density at radius 3 is 2.10 bits per heavy atom. The molecule has 2 heterocycles. The lowest BCUT2D eigenvalue weighted by Gasteiger charge is -2.29. The van der Waals surface area contributed by atoms with Crippen LogP contribution in [0.25, 0.3) is 0 Å². The Morgan fingerprint density at radius 2 is 1.50 bits per heavy atom. The van der Waals surface area contributed by atoms with E-state index in [1.807, 2.05) is 0 Å². The summed E-state index contributed by atoms with van der Waals surface area (Å²) in [7, 11) is 0. The number of fused-ring (bicyclic) bond motifs is 5. The first kappa shape index (κ1) is 12.8. The van der Waals surface area contributed by atoms with E-state index in [9.17, 15) is 0 Å². The molecule has 0 radical (unpaired) electrons. The van der Waals surface area contributed by atoms with Crippen molar-refractivity contribution in [2.24, 2.45) is 11.7 Å². The minimum atomic E-state index is 0.485. The van der Waals surface area contributed by atoms with Gasteiger partial charge in [0.1, 0.15) is 0 Å². The molecule has 1 aromatic carbocycles. The van der Waals surface area contributed by atoms with E-state index >= 15 is 0 Å². The molecular formula is C18H26N2. The summed E-state index contributed by atoms with van der Waals surface area (Å²) in [5.74, 6) is 0.929. The highest BCUT2D eigenvalue weighted by molar-refractivity contribution is 5.39. The summed E-state index contributed by atoms with van der Waals surface area (Å²) in [6.45, 7) is 1.30. The molecule has 108 valence electrons. The summed E-state index contributed by atoms with van der Waals surface area (Å²) in [6, 6.07) is 11.1. The summed E-state index contributed by atoms with van der Waals surface area (Å²) in [4.78, 5) is 2.79. The van der Waals surface area contributed by atoms with E-state index in [-0.39, 0.29) is 0 Å². The van der Waals surface area contributed by atoms with Crippen LogP contribution in [0.1, 0.15) is 68.2 Å². The third-order valence-corrected chi connectivity index (χ3v) is 5.92. The standard InChI is InChI=1S/C18H26N2/c19-14-7-5-13(6-8-14)11-12-20-17-9-10-18(20)16-4-2-1-3-15(16)17/h1-4,13-14,17-18H,5-12,19H2. The molecule has 2 atom stereocenters. The largest absolute Gasteiger partial charge is 0.328 e. The van der Waals surface area contributed by atoms with Crippen molar-refractivity contribution in [3.63, 3.8) is 0 Å². The predicted octanol–water partition coefficient (Wildman–Crippen LogP) is 3.79. The summed E-state index contributed by atoms with van der Waals surface area (Å²) >= 11 is 0. The Kier molecular flexibility index (Phi) is 3.31. The van der Waals surface area contributed by atoms with Gasteiger partial charge in [-0.05, 0) is 68.5 Å². The number of nitrogens with zero attached hydrogens (tertiary/aromatic N) is 1. The maximum absolute atomic E-state index is 6.02. The fourth-order valence-corrected chi connectivity index (χ4v) is 4.77. The van der Waals surface area contributed by atoms with Crippen LogP contribution < -0.4 is 5.73 Å². The topological polar surface area (TPSA) is 29.3 Å². The summed E-state index contributed by atoms with van der Waals surface area (Å²) < 4.78 is 0. The first-order valence-electron chi connectivity index (χ1n) is 8.43. The van der Waals surface area contributed by atoms with E-state index in [2.05, 4.69) is 29.2 Å². The number of hydrogen-bond acceptors (Lipinski definition) is 2. The van der Waals surface area contributed by atoms with Gasteiger partial charge in [0, 0.05) is 18.1 Å². The molecule has 1 aromatic rings. The minimum Gasteiger partial charge on any atom is -0.328 e. The smallest absolute Gasteiger partial charge is 0.0358 e. The number of rotatable bonds is 3. The third-order valence-electron chi connectivity index (χ3n) is 5.92. The molecule has 0 aromatic heterocycles. The highest BCUT2D eigenvalue weighted by Crippen LogP contribution is 2.52. The van der Waals surface area contributed by atoms with Gasteiger partial charge < -0.3 is 5.73 Å². The minimum absolute atomic E-state index is 0.485. The lowest BCUT2D eigenvalue weighted by atomic mass is 9.84. The van der Waals surface area contributed by atoms with Gasteiger partial charge in [0.15, 0.2) is 0 Å². The van der Waals surface area contributed by atoms with Gasteiger partial charge in [-0.15, -0.1) is 0 Å². The van der Waals surface area contributed by atoms with Gasteiger partial charge in [0.05, 0.1) is 0 Å². The molecule has 2 unspecified atom stereocenters. The van der Waals surface area contributed by atoms with E-state index in [0.29, 0.717) is 6.04 Å². The quantitative estimate of drug-likeness (QED) is 0.905. The second-order valence-electron chi connectivity index (χ2n) is 7.05. The molecule has 20 heavy (non-hydrogen) atoms. The van der Waals surface area contributed by atoms with Gasteiger partial charge in [-0.25, -0.2) is 0 Å². The van der Waals surface area contributed by atoms with Crippen LogP contribution in [0.4, 0.5) is 0 Å². The Morgan fingerprint density at radius 1 is 0.900 bits per heavy atom. The van der Waals surface area contributed by atoms with Gasteiger partial charge >= 0.3 is 0 Å². The zero-order valence-corrected chi connectivity index (χ0v) is 12.3. The van der Waals surface area contributed by atoms with Gasteiger partial charge in [-0.2, -0.15) is 0 Å². The molecule has 2 N–H and O–H groups in total. The van der Waals surface area contributed by atoms with Crippen LogP contribution >= 0.6 is 0 Å². The zero-order valence-electron chi connectivity index (χ0n) is 12.3. The molecule has 2 aliphatic heterocycles. The van der Waals surface area contributed by atoms with Crippen LogP contribution in [0.2, 0.25) is 0 Å². The number of benzene rings is 1. The lowest BCUT2D eigenvalue weighted by Crippen LogP contribution is -2.29. The first-order valence-corrected chi connectivity index (χ1v) is 8.43. The molecule has 0 spiro atoms. The molecule has 2 fully saturated rings. The number of hydrogen-bond donors (Lipinski definition) is 1. The highest BCUT2D eigenvalue weighted by Gasteiger charge is 2.43. The van der Waals surface area contributed by atoms with Crippen molar-refractivity contribution in [2.75, 3.05) is 6.54 Å². The first-order chi connectivity index (χ1) is 9.83. The average Bonchev–Trinajstić information content (AvgIpc) is 3.03. The summed E-state index contributed by atoms with van der Waals surface area (Å²) in [5.41, 5.74) is 9.26. The molecule has 1 aliphatic carbocycles. The van der Waals surface area contributed by atoms with Gasteiger partial charge in [-0.3, -0.25) is 4.90 Å². The highest BCUT2D eigenvalue weighted by atomic mass is 15.2. The van der Waals surface area contributed by atoms with Gasteiger partial charge in [0.2, 0.25) is 0 Å². The second kappa shape index (κ2) is 5.16. The fraction of sp³-hybridized carbons (Fsp3) is 0.667. The lowest BCUT2D eigenvalue weighted by molar-refractivity contribution is 0.190. The van der Waals surface area contributed by atoms with Gasteiger partial charge in [0.25, 0.3) is 0 Å². The van der Waals surface area contributed by atoms with Crippen molar-refractivity contribution in [3.8, 4) is 0 Å². The predicted molar refractivity (Wildman–Crippen MR) is 82.4 cm³/mol. The molecular weight excluding hydrogens is 244 g/mol. The van der Waals surface area contributed by atoms with Crippen LogP contribution in [-0.4, -0.2) is 17.5 Å². The number of nitrogens with two attached hydrogens (primary N) is 1. The van der Waals surface area contributed by atoms with Crippen molar-refractivity contribution in [1.29, 1.82) is 0 Å². The Bertz CT molecular complexity index is 445. The van der Waals surface area contributed by atoms with Crippen molar-refractivity contribution in [1.82, 2.24) is 4.90 Å². The van der Waals surface area contributed by atoms with E-state index in [1.54, 1.807) is 11.1 Å². The molecule has 3 aliphatic rings. The van der Waals surface area contributed by atoms with E-state index in [0.717, 1.165) is 18.0 Å². The normalized spacial score (nSPS) is 36.2. The van der Waals surface area contributed by atoms with Crippen molar-refractivity contribution in [2.45, 2.75) is 63.1 Å². The van der Waals surface area contributed by atoms with Crippen molar-refractivity contribution < 1.29 is 0 Å². The van der Waals surface area contributed by atoms with Gasteiger partial charge in [-0.1, -0.05) is 24.3 Å². The van der Waals surface area contributed by atoms with Crippen LogP contribution in [-0.2, 0) is 0 Å². The molecule has 2 bridgehead atoms. The van der Waals surface area contributed by atoms with E-state index < -0.39 is 0 Å². The van der Waals surface area contributed by atoms with E-state index in [1.165, 1.54) is 51.5 Å². The monoisotopic (exact) mass is 270 g/mol. The Balaban J connectivity index is 1.40. The zero-order chi connectivity index (χ0) is 13.5. The second-order valence-corrected chi connectivity index (χ2v) is 7.05. The molecule has 4 rings (SSSR count). The van der Waals surface area contributed by atoms with Crippen molar-refractivity contribution in [3.05, 3.63) is 35.4 Å². The van der Waals surface area contributed by atoms with Crippen LogP contribution in [0.15, 0.2) is 24.3 Å². The summed E-state index contributed by atoms with van der Waals surface area (Å²) in [5, 5.41) is 0. The molecule has 1 saturated heterocycles. The summed E-state index contributed by atoms with van der Waals surface area (Å²) in [6.07, 6.45) is 9.34. The average molecular weight is 270 g/mol. The Hall–Kier alpha value is -0.860. The SMILES string of the molecule is NC1CCC(CCN2C3CCC2c2ccccc23)CC1. The molecule has 1 saturated carbocycles. The van der Waals surface area contributed by atoms with Crippen LogP contribution in [0.5, 0.6) is 0 Å². The maximum atomic E-state index is 6.02.